The highest BCUT2D eigenvalue weighted by atomic mass is 35.5. The van der Waals surface area contributed by atoms with Crippen molar-refractivity contribution in [2.45, 2.75) is 23.8 Å². The van der Waals surface area contributed by atoms with Gasteiger partial charge in [0.15, 0.2) is 0 Å². The van der Waals surface area contributed by atoms with Crippen molar-refractivity contribution in [1.29, 1.82) is 0 Å². The van der Waals surface area contributed by atoms with Crippen LogP contribution < -0.4 is 10.0 Å². The minimum Gasteiger partial charge on any atom is -0.339 e. The summed E-state index contributed by atoms with van der Waals surface area (Å²) < 4.78 is 39.3. The van der Waals surface area contributed by atoms with E-state index in [9.17, 15) is 17.6 Å². The van der Waals surface area contributed by atoms with Crippen molar-refractivity contribution in [1.82, 2.24) is 14.9 Å². The normalized spacial score (nSPS) is 15.8. The van der Waals surface area contributed by atoms with Gasteiger partial charge >= 0.3 is 0 Å². The van der Waals surface area contributed by atoms with Crippen LogP contribution in [0.3, 0.4) is 0 Å². The number of benzene rings is 1. The number of rotatable bonds is 4. The molecular formula is C14H21ClFN3O3S. The Labute approximate surface area is 141 Å². The highest BCUT2D eigenvalue weighted by Crippen LogP contribution is 2.19. The summed E-state index contributed by atoms with van der Waals surface area (Å²) in [5.74, 6) is -1.19. The van der Waals surface area contributed by atoms with E-state index in [1.165, 1.54) is 13.1 Å². The summed E-state index contributed by atoms with van der Waals surface area (Å²) >= 11 is 0. The minimum atomic E-state index is -3.94. The molecule has 0 spiro atoms. The molecule has 0 unspecified atom stereocenters. The fraction of sp³-hybridized carbons (Fsp3) is 0.500. The van der Waals surface area contributed by atoms with Crippen LogP contribution in [0.2, 0.25) is 0 Å². The summed E-state index contributed by atoms with van der Waals surface area (Å²) in [5, 5.41) is 3.22. The molecular weight excluding hydrogens is 345 g/mol. The van der Waals surface area contributed by atoms with Gasteiger partial charge < -0.3 is 10.2 Å². The number of nitrogens with one attached hydrogen (secondary N) is 2. The Morgan fingerprint density at radius 3 is 2.52 bits per heavy atom. The summed E-state index contributed by atoms with van der Waals surface area (Å²) in [5.41, 5.74) is 0.163. The van der Waals surface area contributed by atoms with Crippen molar-refractivity contribution in [3.05, 3.63) is 29.6 Å². The van der Waals surface area contributed by atoms with Crippen molar-refractivity contribution < 1.29 is 17.6 Å². The molecule has 0 aromatic heterocycles. The number of halogens is 2. The smallest absolute Gasteiger partial charge is 0.253 e. The Morgan fingerprint density at radius 2 is 1.96 bits per heavy atom. The Hall–Kier alpha value is -1.22. The number of carbonyl (C=O) groups is 1. The monoisotopic (exact) mass is 365 g/mol. The second kappa shape index (κ2) is 8.05. The van der Waals surface area contributed by atoms with Gasteiger partial charge in [-0.3, -0.25) is 4.79 Å². The van der Waals surface area contributed by atoms with Crippen LogP contribution in [0, 0.1) is 5.82 Å². The molecule has 1 aliphatic heterocycles. The molecule has 1 heterocycles. The summed E-state index contributed by atoms with van der Waals surface area (Å²) in [6.07, 6.45) is 1.68. The van der Waals surface area contributed by atoms with Crippen LogP contribution in [-0.4, -0.2) is 52.5 Å². The molecule has 2 rings (SSSR count). The fourth-order valence-corrected chi connectivity index (χ4v) is 3.34. The molecule has 1 aliphatic rings. The van der Waals surface area contributed by atoms with Crippen molar-refractivity contribution in [2.24, 2.45) is 0 Å². The Bertz CT molecular complexity index is 663. The van der Waals surface area contributed by atoms with E-state index in [0.717, 1.165) is 38.1 Å². The molecule has 1 saturated heterocycles. The molecule has 2 N–H and O–H groups in total. The molecule has 130 valence electrons. The summed E-state index contributed by atoms with van der Waals surface area (Å²) in [6.45, 7) is 1.68. The number of piperidine rings is 1. The van der Waals surface area contributed by atoms with Crippen LogP contribution in [0.15, 0.2) is 23.1 Å². The Morgan fingerprint density at radius 1 is 1.35 bits per heavy atom. The molecule has 1 aromatic carbocycles. The number of amides is 1. The molecule has 0 radical (unpaired) electrons. The van der Waals surface area contributed by atoms with Gasteiger partial charge in [0.1, 0.15) is 10.7 Å². The lowest BCUT2D eigenvalue weighted by Crippen LogP contribution is -2.44. The Balaban J connectivity index is 0.00000264. The van der Waals surface area contributed by atoms with E-state index in [2.05, 4.69) is 10.0 Å². The van der Waals surface area contributed by atoms with Crippen LogP contribution in [0.1, 0.15) is 23.2 Å². The number of sulfonamides is 1. The van der Waals surface area contributed by atoms with Gasteiger partial charge in [0.05, 0.1) is 0 Å². The number of nitrogens with zero attached hydrogens (tertiary/aromatic N) is 1. The lowest BCUT2D eigenvalue weighted by molar-refractivity contribution is 0.0703. The van der Waals surface area contributed by atoms with Crippen LogP contribution >= 0.6 is 12.4 Å². The maximum Gasteiger partial charge on any atom is 0.253 e. The predicted molar refractivity (Wildman–Crippen MR) is 87.9 cm³/mol. The zero-order valence-corrected chi connectivity index (χ0v) is 14.6. The van der Waals surface area contributed by atoms with Gasteiger partial charge in [-0.2, -0.15) is 0 Å². The molecule has 6 nitrogen and oxygen atoms in total. The van der Waals surface area contributed by atoms with E-state index in [1.54, 1.807) is 11.9 Å². The highest BCUT2D eigenvalue weighted by Gasteiger charge is 2.25. The van der Waals surface area contributed by atoms with Gasteiger partial charge in [0.2, 0.25) is 10.0 Å². The van der Waals surface area contributed by atoms with Crippen molar-refractivity contribution in [3.8, 4) is 0 Å². The lowest BCUT2D eigenvalue weighted by atomic mass is 10.0. The molecule has 9 heteroatoms. The van der Waals surface area contributed by atoms with Gasteiger partial charge in [-0.25, -0.2) is 17.5 Å². The van der Waals surface area contributed by atoms with Gasteiger partial charge in [-0.15, -0.1) is 12.4 Å². The van der Waals surface area contributed by atoms with Crippen molar-refractivity contribution in [3.63, 3.8) is 0 Å². The van der Waals surface area contributed by atoms with Crippen LogP contribution in [0.25, 0.3) is 0 Å². The molecule has 0 bridgehead atoms. The molecule has 0 saturated carbocycles. The summed E-state index contributed by atoms with van der Waals surface area (Å²) in [4.78, 5) is 13.6. The van der Waals surface area contributed by atoms with Gasteiger partial charge in [-0.1, -0.05) is 0 Å². The highest BCUT2D eigenvalue weighted by molar-refractivity contribution is 7.89. The second-order valence-corrected chi connectivity index (χ2v) is 7.10. The average molecular weight is 366 g/mol. The van der Waals surface area contributed by atoms with Crippen molar-refractivity contribution >= 4 is 28.3 Å². The summed E-state index contributed by atoms with van der Waals surface area (Å²) in [7, 11) is -1.05. The first kappa shape index (κ1) is 19.8. The number of carbonyl (C=O) groups excluding carboxylic acids is 1. The van der Waals surface area contributed by atoms with E-state index in [0.29, 0.717) is 0 Å². The zero-order valence-electron chi connectivity index (χ0n) is 13.0. The molecule has 0 atom stereocenters. The SMILES string of the molecule is CNS(=O)(=O)c1cc(C(=O)N(C)C2CCNCC2)ccc1F.Cl. The second-order valence-electron chi connectivity index (χ2n) is 5.25. The van der Waals surface area contributed by atoms with Crippen LogP contribution in [0.5, 0.6) is 0 Å². The Kier molecular flexibility index (Phi) is 6.94. The standard InChI is InChI=1S/C14H20FN3O3S.ClH/c1-16-22(20,21)13-9-10(3-4-12(13)15)14(19)18(2)11-5-7-17-8-6-11;/h3-4,9,11,16-17H,5-8H2,1-2H3;1H. The van der Waals surface area contributed by atoms with E-state index in [4.69, 9.17) is 0 Å². The van der Waals surface area contributed by atoms with E-state index < -0.39 is 20.7 Å². The van der Waals surface area contributed by atoms with E-state index in [1.807, 2.05) is 0 Å². The van der Waals surface area contributed by atoms with Gasteiger partial charge in [0, 0.05) is 18.7 Å². The topological polar surface area (TPSA) is 78.5 Å². The van der Waals surface area contributed by atoms with E-state index in [-0.39, 0.29) is 29.9 Å². The third kappa shape index (κ3) is 4.41. The zero-order chi connectivity index (χ0) is 16.3. The maximum absolute atomic E-state index is 13.7. The first-order valence-electron chi connectivity index (χ1n) is 7.08. The average Bonchev–Trinajstić information content (AvgIpc) is 2.54. The van der Waals surface area contributed by atoms with Crippen molar-refractivity contribution in [2.75, 3.05) is 27.2 Å². The lowest BCUT2D eigenvalue weighted by Gasteiger charge is -2.31. The predicted octanol–water partition coefficient (Wildman–Crippen LogP) is 0.980. The summed E-state index contributed by atoms with van der Waals surface area (Å²) in [6, 6.07) is 3.50. The van der Waals surface area contributed by atoms with Crippen LogP contribution in [0.4, 0.5) is 4.39 Å². The third-order valence-electron chi connectivity index (χ3n) is 3.91. The quantitative estimate of drug-likeness (QED) is 0.833. The molecule has 1 fully saturated rings. The minimum absolute atomic E-state index is 0. The molecule has 1 amide bonds. The molecule has 0 aliphatic carbocycles. The third-order valence-corrected chi connectivity index (χ3v) is 5.34. The van der Waals surface area contributed by atoms with Gasteiger partial charge in [-0.05, 0) is 51.2 Å². The van der Waals surface area contributed by atoms with Gasteiger partial charge in [0.25, 0.3) is 5.91 Å². The maximum atomic E-state index is 13.7. The number of hydrogen-bond donors (Lipinski definition) is 2. The molecule has 1 aromatic rings. The fourth-order valence-electron chi connectivity index (χ4n) is 2.52. The first-order chi connectivity index (χ1) is 10.4. The van der Waals surface area contributed by atoms with Crippen LogP contribution in [-0.2, 0) is 10.0 Å². The molecule has 23 heavy (non-hydrogen) atoms. The number of hydrogen-bond acceptors (Lipinski definition) is 4. The first-order valence-corrected chi connectivity index (χ1v) is 8.56. The van der Waals surface area contributed by atoms with E-state index >= 15 is 0 Å². The largest absolute Gasteiger partial charge is 0.339 e.